The summed E-state index contributed by atoms with van der Waals surface area (Å²) in [7, 11) is 2.17. The Labute approximate surface area is 193 Å². The van der Waals surface area contributed by atoms with Gasteiger partial charge in [0.05, 0.1) is 13.2 Å². The van der Waals surface area contributed by atoms with Gasteiger partial charge in [0.15, 0.2) is 5.96 Å². The summed E-state index contributed by atoms with van der Waals surface area (Å²) >= 11 is 0. The van der Waals surface area contributed by atoms with E-state index >= 15 is 0 Å². The van der Waals surface area contributed by atoms with E-state index in [1.165, 1.54) is 5.56 Å². The van der Waals surface area contributed by atoms with Crippen LogP contribution in [0.4, 0.5) is 0 Å². The average molecular weight is 518 g/mol. The van der Waals surface area contributed by atoms with Gasteiger partial charge in [0.1, 0.15) is 0 Å². The van der Waals surface area contributed by atoms with Gasteiger partial charge in [-0.15, -0.1) is 24.0 Å². The van der Waals surface area contributed by atoms with E-state index in [1.54, 1.807) is 0 Å². The molecule has 1 aliphatic heterocycles. The number of ether oxygens (including phenoxy) is 2. The predicted octanol–water partition coefficient (Wildman–Crippen LogP) is 3.12. The number of nitrogens with zero attached hydrogens (tertiary/aromatic N) is 2. The van der Waals surface area contributed by atoms with Crippen LogP contribution in [0, 0.1) is 5.92 Å². The van der Waals surface area contributed by atoms with Crippen molar-refractivity contribution >= 4 is 29.9 Å². The summed E-state index contributed by atoms with van der Waals surface area (Å²) in [6, 6.07) is 10.6. The first-order valence-electron chi connectivity index (χ1n) is 10.7. The molecule has 6 nitrogen and oxygen atoms in total. The zero-order valence-corrected chi connectivity index (χ0v) is 20.4. The molecule has 1 aromatic rings. The molecule has 29 heavy (non-hydrogen) atoms. The van der Waals surface area contributed by atoms with Gasteiger partial charge in [-0.3, -0.25) is 4.99 Å². The lowest BCUT2D eigenvalue weighted by Crippen LogP contribution is -2.38. The van der Waals surface area contributed by atoms with Gasteiger partial charge in [-0.1, -0.05) is 30.3 Å². The van der Waals surface area contributed by atoms with Gasteiger partial charge < -0.3 is 25.0 Å². The summed E-state index contributed by atoms with van der Waals surface area (Å²) < 4.78 is 11.1. The van der Waals surface area contributed by atoms with Gasteiger partial charge in [-0.25, -0.2) is 0 Å². The van der Waals surface area contributed by atoms with Crippen LogP contribution in [0.3, 0.4) is 0 Å². The Bertz CT molecular complexity index is 539. The van der Waals surface area contributed by atoms with Gasteiger partial charge in [0, 0.05) is 45.3 Å². The molecule has 1 saturated heterocycles. The lowest BCUT2D eigenvalue weighted by atomic mass is 10.1. The Morgan fingerprint density at radius 2 is 2.07 bits per heavy atom. The molecule has 0 radical (unpaired) electrons. The molecule has 1 fully saturated rings. The molecule has 0 saturated carbocycles. The fourth-order valence-corrected chi connectivity index (χ4v) is 3.19. The molecule has 1 atom stereocenters. The van der Waals surface area contributed by atoms with Crippen LogP contribution < -0.4 is 10.6 Å². The fraction of sp³-hybridized carbons (Fsp3) is 0.682. The highest BCUT2D eigenvalue weighted by Crippen LogP contribution is 2.12. The number of aliphatic imine (C=N–C) groups is 1. The third-order valence-electron chi connectivity index (χ3n) is 4.74. The van der Waals surface area contributed by atoms with Crippen molar-refractivity contribution in [1.29, 1.82) is 0 Å². The number of rotatable bonds is 13. The van der Waals surface area contributed by atoms with Crippen molar-refractivity contribution in [3.8, 4) is 0 Å². The first-order chi connectivity index (χ1) is 13.8. The molecule has 166 valence electrons. The number of hydrogen-bond donors (Lipinski definition) is 2. The molecule has 1 unspecified atom stereocenters. The minimum Gasteiger partial charge on any atom is -0.381 e. The molecule has 1 aromatic carbocycles. The highest BCUT2D eigenvalue weighted by atomic mass is 127. The number of benzene rings is 1. The van der Waals surface area contributed by atoms with E-state index < -0.39 is 0 Å². The van der Waals surface area contributed by atoms with Crippen LogP contribution in [0.25, 0.3) is 0 Å². The Morgan fingerprint density at radius 1 is 1.24 bits per heavy atom. The second kappa shape index (κ2) is 16.8. The molecule has 0 spiro atoms. The molecule has 0 aliphatic carbocycles. The topological polar surface area (TPSA) is 58.1 Å². The summed E-state index contributed by atoms with van der Waals surface area (Å²) in [6.07, 6.45) is 3.16. The normalized spacial score (nSPS) is 16.7. The Morgan fingerprint density at radius 3 is 2.79 bits per heavy atom. The van der Waals surface area contributed by atoms with E-state index in [2.05, 4.69) is 64.8 Å². The third kappa shape index (κ3) is 12.4. The number of hydrogen-bond acceptors (Lipinski definition) is 4. The maximum absolute atomic E-state index is 5.74. The van der Waals surface area contributed by atoms with Crippen LogP contribution in [0.2, 0.25) is 0 Å². The van der Waals surface area contributed by atoms with Crippen molar-refractivity contribution in [2.75, 3.05) is 59.7 Å². The Kier molecular flexibility index (Phi) is 15.2. The monoisotopic (exact) mass is 518 g/mol. The van der Waals surface area contributed by atoms with Gasteiger partial charge in [-0.05, 0) is 45.3 Å². The zero-order chi connectivity index (χ0) is 19.9. The highest BCUT2D eigenvalue weighted by Gasteiger charge is 2.15. The Hall–Kier alpha value is -0.900. The largest absolute Gasteiger partial charge is 0.381 e. The minimum atomic E-state index is 0. The molecular weight excluding hydrogens is 479 g/mol. The quantitative estimate of drug-likeness (QED) is 0.182. The summed E-state index contributed by atoms with van der Waals surface area (Å²) in [4.78, 5) is 7.00. The summed E-state index contributed by atoms with van der Waals surface area (Å²) in [5, 5.41) is 6.74. The Balaban J connectivity index is 0.00000420. The molecule has 1 aliphatic rings. The van der Waals surface area contributed by atoms with Crippen LogP contribution in [-0.2, 0) is 16.0 Å². The van der Waals surface area contributed by atoms with Crippen LogP contribution in [-0.4, -0.2) is 70.5 Å². The van der Waals surface area contributed by atoms with E-state index in [0.717, 1.165) is 84.4 Å². The lowest BCUT2D eigenvalue weighted by Gasteiger charge is -2.17. The molecule has 2 N–H and O–H groups in total. The van der Waals surface area contributed by atoms with E-state index in [1.807, 2.05) is 0 Å². The molecule has 2 rings (SSSR count). The molecule has 0 bridgehead atoms. The van der Waals surface area contributed by atoms with Gasteiger partial charge in [0.25, 0.3) is 0 Å². The van der Waals surface area contributed by atoms with E-state index in [0.29, 0.717) is 5.92 Å². The van der Waals surface area contributed by atoms with Crippen LogP contribution >= 0.6 is 24.0 Å². The summed E-state index contributed by atoms with van der Waals surface area (Å²) in [5.41, 5.74) is 1.36. The van der Waals surface area contributed by atoms with Crippen LogP contribution in [0.1, 0.15) is 31.7 Å². The molecular formula is C22H39IN4O2. The second-order valence-electron chi connectivity index (χ2n) is 7.42. The first kappa shape index (κ1) is 26.1. The van der Waals surface area contributed by atoms with Crippen molar-refractivity contribution < 1.29 is 9.47 Å². The molecule has 7 heteroatoms. The third-order valence-corrected chi connectivity index (χ3v) is 4.74. The van der Waals surface area contributed by atoms with E-state index in [4.69, 9.17) is 9.47 Å². The minimum absolute atomic E-state index is 0. The fourth-order valence-electron chi connectivity index (χ4n) is 3.19. The number of guanidine groups is 1. The van der Waals surface area contributed by atoms with Gasteiger partial charge >= 0.3 is 0 Å². The van der Waals surface area contributed by atoms with Gasteiger partial charge in [-0.2, -0.15) is 0 Å². The molecule has 1 heterocycles. The standard InChI is InChI=1S/C22H38N4O2.HI/c1-3-23-22(25-13-8-15-27-18-21-11-16-28-19-21)24-12-7-14-26(2)17-20-9-5-4-6-10-20;/h4-6,9-10,21H,3,7-8,11-19H2,1-2H3,(H2,23,24,25);1H. The first-order valence-corrected chi connectivity index (χ1v) is 10.7. The zero-order valence-electron chi connectivity index (χ0n) is 18.1. The maximum Gasteiger partial charge on any atom is 0.191 e. The SMILES string of the molecule is CCNC(=NCCCOCC1CCOC1)NCCCN(C)Cc1ccccc1.I. The number of nitrogens with one attached hydrogen (secondary N) is 2. The summed E-state index contributed by atoms with van der Waals surface area (Å²) in [6.45, 7) is 10.0. The van der Waals surface area contributed by atoms with Crippen molar-refractivity contribution in [1.82, 2.24) is 15.5 Å². The predicted molar refractivity (Wildman–Crippen MR) is 131 cm³/mol. The lowest BCUT2D eigenvalue weighted by molar-refractivity contribution is 0.0893. The van der Waals surface area contributed by atoms with Crippen molar-refractivity contribution in [3.63, 3.8) is 0 Å². The van der Waals surface area contributed by atoms with Crippen molar-refractivity contribution in [2.24, 2.45) is 10.9 Å². The maximum atomic E-state index is 5.74. The highest BCUT2D eigenvalue weighted by molar-refractivity contribution is 14.0. The molecule has 0 aromatic heterocycles. The van der Waals surface area contributed by atoms with Crippen molar-refractivity contribution in [2.45, 2.75) is 32.7 Å². The van der Waals surface area contributed by atoms with Crippen LogP contribution in [0.5, 0.6) is 0 Å². The smallest absolute Gasteiger partial charge is 0.191 e. The van der Waals surface area contributed by atoms with E-state index in [9.17, 15) is 0 Å². The van der Waals surface area contributed by atoms with Crippen molar-refractivity contribution in [3.05, 3.63) is 35.9 Å². The average Bonchev–Trinajstić information content (AvgIpc) is 3.22. The summed E-state index contributed by atoms with van der Waals surface area (Å²) in [5.74, 6) is 1.49. The van der Waals surface area contributed by atoms with Gasteiger partial charge in [0.2, 0.25) is 0 Å². The second-order valence-corrected chi connectivity index (χ2v) is 7.42. The van der Waals surface area contributed by atoms with E-state index in [-0.39, 0.29) is 24.0 Å². The molecule has 0 amide bonds. The number of halogens is 1. The van der Waals surface area contributed by atoms with Crippen LogP contribution in [0.15, 0.2) is 35.3 Å².